The Kier molecular flexibility index (Phi) is 9.63. The number of carbonyl (C=O) groups excluding carboxylic acids is 1. The van der Waals surface area contributed by atoms with Crippen LogP contribution in [0.4, 0.5) is 4.39 Å². The Morgan fingerprint density at radius 1 is 0.971 bits per heavy atom. The molecule has 0 N–H and O–H groups in total. The van der Waals surface area contributed by atoms with Crippen molar-refractivity contribution in [2.24, 2.45) is 35.5 Å². The fourth-order valence-corrected chi connectivity index (χ4v) is 7.28. The number of hydrogen-bond donors (Lipinski definition) is 0. The van der Waals surface area contributed by atoms with Crippen LogP contribution in [-0.2, 0) is 11.2 Å². The summed E-state index contributed by atoms with van der Waals surface area (Å²) in [6, 6.07) is 4.93. The lowest BCUT2D eigenvalue weighted by atomic mass is 9.60. The molecular formula is C32H45FO2. The third-order valence-corrected chi connectivity index (χ3v) is 9.36. The molecule has 3 aliphatic carbocycles. The maximum atomic E-state index is 14.4. The standard InChI is InChI=1S/C32H45FO2/c1-3-5-7-9-23-10-12-29-22-28(18-17-27(29)20-23)25-13-15-26(16-14-25)32(34)35-31-19-11-24(8-6-4-2)21-30(31)33/h3-5,11,19,21,23,25-29H,2,6-10,12-18,20,22H2,1H3/b5-3+. The second-order valence-electron chi connectivity index (χ2n) is 11.5. The van der Waals surface area contributed by atoms with Crippen LogP contribution in [0.5, 0.6) is 5.75 Å². The van der Waals surface area contributed by atoms with E-state index in [4.69, 9.17) is 4.74 Å². The van der Waals surface area contributed by atoms with E-state index in [0.717, 1.165) is 73.7 Å². The summed E-state index contributed by atoms with van der Waals surface area (Å²) in [6.07, 6.45) is 23.1. The molecule has 3 heteroatoms. The average molecular weight is 481 g/mol. The molecule has 0 aromatic heterocycles. The zero-order valence-corrected chi connectivity index (χ0v) is 21.7. The van der Waals surface area contributed by atoms with E-state index in [-0.39, 0.29) is 17.6 Å². The fourth-order valence-electron chi connectivity index (χ4n) is 7.28. The molecule has 4 unspecified atom stereocenters. The highest BCUT2D eigenvalue weighted by molar-refractivity contribution is 5.75. The Bertz CT molecular complexity index is 866. The van der Waals surface area contributed by atoms with Crippen LogP contribution in [0.2, 0.25) is 0 Å². The minimum atomic E-state index is -0.443. The van der Waals surface area contributed by atoms with Crippen LogP contribution in [0.3, 0.4) is 0 Å². The summed E-state index contributed by atoms with van der Waals surface area (Å²) in [5, 5.41) is 0. The van der Waals surface area contributed by atoms with Gasteiger partial charge in [-0.15, -0.1) is 6.58 Å². The van der Waals surface area contributed by atoms with Gasteiger partial charge in [0.25, 0.3) is 0 Å². The van der Waals surface area contributed by atoms with Gasteiger partial charge in [0.05, 0.1) is 5.92 Å². The Morgan fingerprint density at radius 3 is 2.37 bits per heavy atom. The van der Waals surface area contributed by atoms with E-state index in [9.17, 15) is 9.18 Å². The van der Waals surface area contributed by atoms with Crippen molar-refractivity contribution in [3.63, 3.8) is 0 Å². The van der Waals surface area contributed by atoms with Gasteiger partial charge in [-0.25, -0.2) is 4.39 Å². The van der Waals surface area contributed by atoms with Gasteiger partial charge in [0.2, 0.25) is 0 Å². The van der Waals surface area contributed by atoms with E-state index in [0.29, 0.717) is 0 Å². The monoisotopic (exact) mass is 480 g/mol. The van der Waals surface area contributed by atoms with Gasteiger partial charge in [-0.3, -0.25) is 4.79 Å². The van der Waals surface area contributed by atoms with Crippen LogP contribution < -0.4 is 4.74 Å². The van der Waals surface area contributed by atoms with Crippen molar-refractivity contribution in [1.82, 2.24) is 0 Å². The molecule has 0 bridgehead atoms. The fraction of sp³-hybridized carbons (Fsp3) is 0.656. The third kappa shape index (κ3) is 7.08. The quantitative estimate of drug-likeness (QED) is 0.200. The number of rotatable bonds is 9. The number of ether oxygens (including phenoxy) is 1. The first-order valence-electron chi connectivity index (χ1n) is 14.3. The molecule has 4 atom stereocenters. The summed E-state index contributed by atoms with van der Waals surface area (Å²) in [4.78, 5) is 12.8. The number of aryl methyl sites for hydroxylation is 1. The Morgan fingerprint density at radius 2 is 1.66 bits per heavy atom. The van der Waals surface area contributed by atoms with Crippen LogP contribution in [0.25, 0.3) is 0 Å². The van der Waals surface area contributed by atoms with E-state index in [2.05, 4.69) is 25.7 Å². The molecule has 1 aromatic rings. The molecule has 35 heavy (non-hydrogen) atoms. The van der Waals surface area contributed by atoms with E-state index >= 15 is 0 Å². The van der Waals surface area contributed by atoms with Crippen LogP contribution in [0.1, 0.15) is 96.0 Å². The molecule has 0 heterocycles. The SMILES string of the molecule is C=CCCc1ccc(OC(=O)C2CCC(C3CCC4CC(CC/C=C/C)CCC4C3)CC2)c(F)c1. The predicted molar refractivity (Wildman–Crippen MR) is 142 cm³/mol. The summed E-state index contributed by atoms with van der Waals surface area (Å²) < 4.78 is 19.9. The smallest absolute Gasteiger partial charge is 0.314 e. The van der Waals surface area contributed by atoms with Gasteiger partial charge in [0.15, 0.2) is 11.6 Å². The number of fused-ring (bicyclic) bond motifs is 1. The first-order chi connectivity index (χ1) is 17.1. The van der Waals surface area contributed by atoms with Crippen molar-refractivity contribution in [3.05, 3.63) is 54.4 Å². The lowest BCUT2D eigenvalue weighted by molar-refractivity contribution is -0.140. The second-order valence-corrected chi connectivity index (χ2v) is 11.5. The maximum absolute atomic E-state index is 14.4. The number of carbonyl (C=O) groups is 1. The van der Waals surface area contributed by atoms with Gasteiger partial charge in [-0.1, -0.05) is 30.7 Å². The first-order valence-corrected chi connectivity index (χ1v) is 14.3. The van der Waals surface area contributed by atoms with E-state index in [1.54, 1.807) is 6.07 Å². The van der Waals surface area contributed by atoms with Gasteiger partial charge in [0, 0.05) is 0 Å². The molecule has 3 aliphatic rings. The highest BCUT2D eigenvalue weighted by atomic mass is 19.1. The van der Waals surface area contributed by atoms with E-state index in [1.807, 2.05) is 12.1 Å². The highest BCUT2D eigenvalue weighted by Crippen LogP contribution is 2.49. The molecule has 192 valence electrons. The largest absolute Gasteiger partial charge is 0.423 e. The van der Waals surface area contributed by atoms with Crippen molar-refractivity contribution < 1.29 is 13.9 Å². The summed E-state index contributed by atoms with van der Waals surface area (Å²) in [5.74, 6) is 3.73. The van der Waals surface area contributed by atoms with E-state index in [1.165, 1.54) is 57.4 Å². The minimum absolute atomic E-state index is 0.0686. The van der Waals surface area contributed by atoms with Gasteiger partial charge in [-0.2, -0.15) is 0 Å². The summed E-state index contributed by atoms with van der Waals surface area (Å²) in [7, 11) is 0. The minimum Gasteiger partial charge on any atom is -0.423 e. The van der Waals surface area contributed by atoms with Crippen molar-refractivity contribution in [3.8, 4) is 5.75 Å². The first kappa shape index (κ1) is 26.2. The van der Waals surface area contributed by atoms with E-state index < -0.39 is 5.82 Å². The zero-order valence-electron chi connectivity index (χ0n) is 21.7. The number of allylic oxidation sites excluding steroid dienone is 3. The molecule has 0 saturated heterocycles. The molecule has 4 rings (SSSR count). The molecule has 0 radical (unpaired) electrons. The predicted octanol–water partition coefficient (Wildman–Crippen LogP) is 8.85. The second kappa shape index (κ2) is 12.9. The molecule has 0 amide bonds. The van der Waals surface area contributed by atoms with Crippen LogP contribution in [0, 0.1) is 41.3 Å². The van der Waals surface area contributed by atoms with Crippen molar-refractivity contribution in [1.29, 1.82) is 0 Å². The molecular weight excluding hydrogens is 435 g/mol. The van der Waals surface area contributed by atoms with Gasteiger partial charge < -0.3 is 4.74 Å². The van der Waals surface area contributed by atoms with Crippen LogP contribution >= 0.6 is 0 Å². The number of hydrogen-bond acceptors (Lipinski definition) is 2. The molecule has 0 spiro atoms. The summed E-state index contributed by atoms with van der Waals surface area (Å²) in [5.41, 5.74) is 0.902. The Labute approximate surface area is 212 Å². The summed E-state index contributed by atoms with van der Waals surface area (Å²) >= 11 is 0. The number of esters is 1. The molecule has 1 aromatic carbocycles. The van der Waals surface area contributed by atoms with Gasteiger partial charge in [0.1, 0.15) is 0 Å². The molecule has 3 fully saturated rings. The normalized spacial score (nSPS) is 31.1. The van der Waals surface area contributed by atoms with Crippen LogP contribution in [0.15, 0.2) is 43.0 Å². The topological polar surface area (TPSA) is 26.3 Å². The lowest BCUT2D eigenvalue weighted by Gasteiger charge is -2.45. The van der Waals surface area contributed by atoms with Gasteiger partial charge in [-0.05, 0) is 138 Å². The van der Waals surface area contributed by atoms with Crippen molar-refractivity contribution in [2.75, 3.05) is 0 Å². The molecule has 3 saturated carbocycles. The molecule has 2 nitrogen and oxygen atoms in total. The van der Waals surface area contributed by atoms with Gasteiger partial charge >= 0.3 is 5.97 Å². The highest BCUT2D eigenvalue weighted by Gasteiger charge is 2.39. The number of halogens is 1. The maximum Gasteiger partial charge on any atom is 0.314 e. The lowest BCUT2D eigenvalue weighted by Crippen LogP contribution is -2.35. The Hall–Kier alpha value is -1.90. The number of benzene rings is 1. The van der Waals surface area contributed by atoms with Crippen molar-refractivity contribution >= 4 is 5.97 Å². The van der Waals surface area contributed by atoms with Crippen molar-refractivity contribution in [2.45, 2.75) is 96.8 Å². The third-order valence-electron chi connectivity index (χ3n) is 9.36. The summed E-state index contributed by atoms with van der Waals surface area (Å²) in [6.45, 7) is 5.83. The average Bonchev–Trinajstić information content (AvgIpc) is 2.88. The molecule has 0 aliphatic heterocycles. The zero-order chi connectivity index (χ0) is 24.6. The van der Waals surface area contributed by atoms with Crippen LogP contribution in [-0.4, -0.2) is 5.97 Å². The Balaban J connectivity index is 1.21.